The molecule has 2 amide bonds. The van der Waals surface area contributed by atoms with Crippen LogP contribution in [0.15, 0.2) is 42.5 Å². The van der Waals surface area contributed by atoms with Crippen molar-refractivity contribution in [1.82, 2.24) is 10.3 Å². The molecule has 0 aliphatic carbocycles. The monoisotopic (exact) mass is 445 g/mol. The van der Waals surface area contributed by atoms with E-state index in [0.717, 1.165) is 34.0 Å². The fourth-order valence-corrected chi connectivity index (χ4v) is 3.72. The lowest BCUT2D eigenvalue weighted by Crippen LogP contribution is -2.26. The number of amides is 2. The quantitative estimate of drug-likeness (QED) is 0.499. The molecule has 0 unspecified atom stereocenters. The molecule has 162 valence electrons. The van der Waals surface area contributed by atoms with Crippen LogP contribution in [-0.4, -0.2) is 30.5 Å². The van der Waals surface area contributed by atoms with E-state index in [9.17, 15) is 18.4 Å². The average Bonchev–Trinajstić information content (AvgIpc) is 3.11. The van der Waals surface area contributed by atoms with Crippen LogP contribution in [0.25, 0.3) is 11.3 Å². The van der Waals surface area contributed by atoms with Gasteiger partial charge in [-0.3, -0.25) is 9.59 Å². The third-order valence-electron chi connectivity index (χ3n) is 4.45. The smallest absolute Gasteiger partial charge is 0.254 e. The van der Waals surface area contributed by atoms with Gasteiger partial charge in [-0.2, -0.15) is 0 Å². The third-order valence-corrected chi connectivity index (χ3v) is 5.33. The van der Waals surface area contributed by atoms with Gasteiger partial charge in [0.2, 0.25) is 5.91 Å². The van der Waals surface area contributed by atoms with Crippen LogP contribution >= 0.6 is 11.3 Å². The van der Waals surface area contributed by atoms with Crippen molar-refractivity contribution in [2.75, 3.05) is 19.0 Å². The molecule has 2 aromatic carbocycles. The molecule has 2 N–H and O–H groups in total. The molecule has 0 atom stereocenters. The number of halogens is 2. The summed E-state index contributed by atoms with van der Waals surface area (Å²) in [6.45, 7) is 2.11. The predicted molar refractivity (Wildman–Crippen MR) is 115 cm³/mol. The molecule has 6 nitrogen and oxygen atoms in total. The number of carbonyl (C=O) groups is 2. The molecule has 3 aromatic rings. The van der Waals surface area contributed by atoms with Gasteiger partial charge in [0.25, 0.3) is 5.91 Å². The van der Waals surface area contributed by atoms with Gasteiger partial charge in [0.05, 0.1) is 18.4 Å². The summed E-state index contributed by atoms with van der Waals surface area (Å²) in [5, 5.41) is 5.77. The van der Waals surface area contributed by atoms with Crippen LogP contribution in [0.4, 0.5) is 13.9 Å². The van der Waals surface area contributed by atoms with E-state index < -0.39 is 17.5 Å². The van der Waals surface area contributed by atoms with Gasteiger partial charge in [0, 0.05) is 29.5 Å². The minimum absolute atomic E-state index is 0.155. The number of benzene rings is 2. The van der Waals surface area contributed by atoms with Crippen molar-refractivity contribution < 1.29 is 23.1 Å². The largest absolute Gasteiger partial charge is 0.497 e. The number of hydrogen-bond acceptors (Lipinski definition) is 5. The second-order valence-electron chi connectivity index (χ2n) is 6.68. The zero-order chi connectivity index (χ0) is 22.4. The highest BCUT2D eigenvalue weighted by atomic mass is 32.1. The number of rotatable bonds is 8. The van der Waals surface area contributed by atoms with E-state index in [2.05, 4.69) is 15.6 Å². The van der Waals surface area contributed by atoms with E-state index >= 15 is 0 Å². The molecule has 1 aromatic heterocycles. The Bertz CT molecular complexity index is 1080. The maximum absolute atomic E-state index is 13.6. The lowest BCUT2D eigenvalue weighted by Gasteiger charge is -2.06. The minimum Gasteiger partial charge on any atom is -0.497 e. The number of ether oxygens (including phenoxy) is 1. The zero-order valence-electron chi connectivity index (χ0n) is 17.0. The van der Waals surface area contributed by atoms with Crippen molar-refractivity contribution >= 4 is 28.3 Å². The number of nitrogens with one attached hydrogen (secondary N) is 2. The maximum Gasteiger partial charge on any atom is 0.254 e. The van der Waals surface area contributed by atoms with Crippen LogP contribution < -0.4 is 15.4 Å². The van der Waals surface area contributed by atoms with Crippen LogP contribution in [0, 0.1) is 18.6 Å². The SMILES string of the molecule is COc1ccc(-c2nc(NC(=O)CCCNC(=O)c3ccc(F)cc3F)sc2C)cc1. The van der Waals surface area contributed by atoms with Crippen molar-refractivity contribution in [3.63, 3.8) is 0 Å². The molecule has 3 rings (SSSR count). The summed E-state index contributed by atoms with van der Waals surface area (Å²) in [6, 6.07) is 10.2. The highest BCUT2D eigenvalue weighted by molar-refractivity contribution is 7.16. The van der Waals surface area contributed by atoms with Gasteiger partial charge >= 0.3 is 0 Å². The Hall–Kier alpha value is -3.33. The molecule has 0 fully saturated rings. The van der Waals surface area contributed by atoms with Crippen LogP contribution in [-0.2, 0) is 4.79 Å². The van der Waals surface area contributed by atoms with E-state index in [1.54, 1.807) is 7.11 Å². The number of nitrogens with zero attached hydrogens (tertiary/aromatic N) is 1. The van der Waals surface area contributed by atoms with Crippen molar-refractivity contribution in [1.29, 1.82) is 0 Å². The van der Waals surface area contributed by atoms with Crippen LogP contribution in [0.1, 0.15) is 28.1 Å². The van der Waals surface area contributed by atoms with Gasteiger partial charge in [-0.25, -0.2) is 13.8 Å². The fourth-order valence-electron chi connectivity index (χ4n) is 2.87. The number of hydrogen-bond donors (Lipinski definition) is 2. The molecule has 9 heteroatoms. The highest BCUT2D eigenvalue weighted by Crippen LogP contribution is 2.31. The van der Waals surface area contributed by atoms with Gasteiger partial charge in [-0.15, -0.1) is 11.3 Å². The summed E-state index contributed by atoms with van der Waals surface area (Å²) < 4.78 is 31.7. The van der Waals surface area contributed by atoms with E-state index in [1.165, 1.54) is 11.3 Å². The molecule has 0 radical (unpaired) electrons. The Morgan fingerprint density at radius 1 is 1.13 bits per heavy atom. The lowest BCUT2D eigenvalue weighted by atomic mass is 10.1. The Balaban J connectivity index is 1.48. The summed E-state index contributed by atoms with van der Waals surface area (Å²) in [6.07, 6.45) is 0.513. The topological polar surface area (TPSA) is 80.3 Å². The summed E-state index contributed by atoms with van der Waals surface area (Å²) in [5.74, 6) is -1.82. The predicted octanol–water partition coefficient (Wildman–Crippen LogP) is 4.55. The first-order chi connectivity index (χ1) is 14.9. The number of aromatic nitrogens is 1. The summed E-state index contributed by atoms with van der Waals surface area (Å²) in [5.41, 5.74) is 1.47. The van der Waals surface area contributed by atoms with E-state index in [-0.39, 0.29) is 24.4 Å². The Kier molecular flexibility index (Phi) is 7.30. The molecule has 0 aliphatic rings. The molecule has 0 saturated heterocycles. The molecular formula is C22H21F2N3O3S. The van der Waals surface area contributed by atoms with Gasteiger partial charge in [-0.1, -0.05) is 0 Å². The van der Waals surface area contributed by atoms with Crippen LogP contribution in [0.5, 0.6) is 5.75 Å². The summed E-state index contributed by atoms with van der Waals surface area (Å²) in [7, 11) is 1.60. The molecule has 0 spiro atoms. The minimum atomic E-state index is -0.929. The maximum atomic E-state index is 13.6. The Morgan fingerprint density at radius 3 is 2.55 bits per heavy atom. The van der Waals surface area contributed by atoms with Crippen LogP contribution in [0.2, 0.25) is 0 Å². The second kappa shape index (κ2) is 10.1. The average molecular weight is 445 g/mol. The molecule has 31 heavy (non-hydrogen) atoms. The number of thiazole rings is 1. The molecular weight excluding hydrogens is 424 g/mol. The van der Waals surface area contributed by atoms with E-state index in [4.69, 9.17) is 4.74 Å². The third kappa shape index (κ3) is 5.85. The van der Waals surface area contributed by atoms with Crippen molar-refractivity contribution in [3.8, 4) is 17.0 Å². The van der Waals surface area contributed by atoms with E-state index in [1.807, 2.05) is 31.2 Å². The zero-order valence-corrected chi connectivity index (χ0v) is 17.8. The fraction of sp³-hybridized carbons (Fsp3) is 0.227. The van der Waals surface area contributed by atoms with Gasteiger partial charge < -0.3 is 15.4 Å². The lowest BCUT2D eigenvalue weighted by molar-refractivity contribution is -0.116. The number of methoxy groups -OCH3 is 1. The molecule has 1 heterocycles. The normalized spacial score (nSPS) is 10.6. The Labute approximate surface area is 182 Å². The first kappa shape index (κ1) is 22.4. The van der Waals surface area contributed by atoms with Crippen molar-refractivity contribution in [2.45, 2.75) is 19.8 Å². The number of carbonyl (C=O) groups excluding carboxylic acids is 2. The second-order valence-corrected chi connectivity index (χ2v) is 7.89. The summed E-state index contributed by atoms with van der Waals surface area (Å²) in [4.78, 5) is 29.6. The standard InChI is InChI=1S/C22H21F2N3O3S/c1-13-20(14-5-8-16(30-2)9-6-14)27-22(31-13)26-19(28)4-3-11-25-21(29)17-10-7-15(23)12-18(17)24/h5-10,12H,3-4,11H2,1-2H3,(H,25,29)(H,26,27,28). The summed E-state index contributed by atoms with van der Waals surface area (Å²) >= 11 is 1.38. The van der Waals surface area contributed by atoms with Gasteiger partial charge in [0.1, 0.15) is 17.4 Å². The van der Waals surface area contributed by atoms with Crippen molar-refractivity contribution in [2.24, 2.45) is 0 Å². The molecule has 0 saturated carbocycles. The number of aryl methyl sites for hydroxylation is 1. The van der Waals surface area contributed by atoms with Crippen molar-refractivity contribution in [3.05, 3.63) is 64.5 Å². The van der Waals surface area contributed by atoms with Crippen LogP contribution in [0.3, 0.4) is 0 Å². The Morgan fingerprint density at radius 2 is 1.87 bits per heavy atom. The first-order valence-corrected chi connectivity index (χ1v) is 10.3. The highest BCUT2D eigenvalue weighted by Gasteiger charge is 2.14. The van der Waals surface area contributed by atoms with E-state index in [0.29, 0.717) is 17.6 Å². The van der Waals surface area contributed by atoms with Gasteiger partial charge in [0.15, 0.2) is 5.13 Å². The molecule has 0 aliphatic heterocycles. The van der Waals surface area contributed by atoms with Gasteiger partial charge in [-0.05, 0) is 49.7 Å². The first-order valence-electron chi connectivity index (χ1n) is 9.52. The molecule has 0 bridgehead atoms. The number of anilines is 1.